The van der Waals surface area contributed by atoms with E-state index in [1.54, 1.807) is 19.2 Å². The van der Waals surface area contributed by atoms with Crippen LogP contribution in [0.5, 0.6) is 0 Å². The van der Waals surface area contributed by atoms with Gasteiger partial charge in [0.25, 0.3) is 15.7 Å². The van der Waals surface area contributed by atoms with Crippen molar-refractivity contribution in [3.05, 3.63) is 70.3 Å². The molecule has 0 bridgehead atoms. The molecule has 0 aliphatic carbocycles. The second-order valence-corrected chi connectivity index (χ2v) is 8.27. The molecular weight excluding hydrogens is 408 g/mol. The van der Waals surface area contributed by atoms with Gasteiger partial charge in [-0.25, -0.2) is 0 Å². The summed E-state index contributed by atoms with van der Waals surface area (Å²) >= 11 is 0. The Bertz CT molecular complexity index is 1120. The standard InChI is InChI=1S/C20H20N4O5S/c1-23-14-4-7-19(23)22-30(28,29)17-11-9-16(10-12-17)21-20(25)13-8-15-5-2-3-6-18(15)24(26)27/h2-3,5-6,8-13H,4,7,14H2,1H3,(H,21,25)/b13-8+,22-19?. The van der Waals surface area contributed by atoms with Crippen LogP contribution in [0.25, 0.3) is 6.08 Å². The lowest BCUT2D eigenvalue weighted by Crippen LogP contribution is -2.20. The normalized spacial score (nSPS) is 15.6. The summed E-state index contributed by atoms with van der Waals surface area (Å²) in [4.78, 5) is 24.4. The minimum absolute atomic E-state index is 0.0313. The quantitative estimate of drug-likeness (QED) is 0.429. The SMILES string of the molecule is CN1CCCC1=NS(=O)(=O)c1ccc(NC(=O)/C=C/c2ccccc2[N+](=O)[O-])cc1. The van der Waals surface area contributed by atoms with Crippen LogP contribution in [-0.2, 0) is 14.8 Å². The number of hydrogen-bond acceptors (Lipinski definition) is 5. The lowest BCUT2D eigenvalue weighted by atomic mass is 10.1. The van der Waals surface area contributed by atoms with Crippen LogP contribution in [0.2, 0.25) is 0 Å². The van der Waals surface area contributed by atoms with E-state index >= 15 is 0 Å². The third kappa shape index (κ3) is 5.09. The van der Waals surface area contributed by atoms with Crippen molar-refractivity contribution in [2.45, 2.75) is 17.7 Å². The molecule has 0 unspecified atom stereocenters. The predicted octanol–water partition coefficient (Wildman–Crippen LogP) is 3.06. The maximum absolute atomic E-state index is 12.4. The van der Waals surface area contributed by atoms with Gasteiger partial charge in [0.15, 0.2) is 0 Å². The fourth-order valence-electron chi connectivity index (χ4n) is 2.96. The van der Waals surface area contributed by atoms with Gasteiger partial charge < -0.3 is 10.2 Å². The summed E-state index contributed by atoms with van der Waals surface area (Å²) in [5.74, 6) is 0.0316. The summed E-state index contributed by atoms with van der Waals surface area (Å²) in [7, 11) is -2.02. The molecule has 0 saturated carbocycles. The van der Waals surface area contributed by atoms with Gasteiger partial charge >= 0.3 is 0 Å². The van der Waals surface area contributed by atoms with Crippen molar-refractivity contribution < 1.29 is 18.1 Å². The number of benzene rings is 2. The number of anilines is 1. The number of nitrogens with one attached hydrogen (secondary N) is 1. The van der Waals surface area contributed by atoms with Gasteiger partial charge in [0, 0.05) is 37.8 Å². The van der Waals surface area contributed by atoms with E-state index in [9.17, 15) is 23.3 Å². The monoisotopic (exact) mass is 428 g/mol. The number of sulfonamides is 1. The van der Waals surface area contributed by atoms with Gasteiger partial charge in [-0.05, 0) is 42.8 Å². The van der Waals surface area contributed by atoms with Crippen molar-refractivity contribution in [1.82, 2.24) is 4.90 Å². The Kier molecular flexibility index (Phi) is 6.26. The van der Waals surface area contributed by atoms with E-state index in [4.69, 9.17) is 0 Å². The molecule has 1 aliphatic heterocycles. The Labute approximate surface area is 173 Å². The van der Waals surface area contributed by atoms with Crippen molar-refractivity contribution in [2.24, 2.45) is 4.40 Å². The molecule has 156 valence electrons. The fraction of sp³-hybridized carbons (Fsp3) is 0.200. The molecule has 3 rings (SSSR count). The number of nitrogens with zero attached hydrogens (tertiary/aromatic N) is 3. The fourth-order valence-corrected chi connectivity index (χ4v) is 4.05. The summed E-state index contributed by atoms with van der Waals surface area (Å²) < 4.78 is 28.8. The summed E-state index contributed by atoms with van der Waals surface area (Å²) in [6.07, 6.45) is 4.01. The zero-order valence-corrected chi connectivity index (χ0v) is 17.0. The molecule has 30 heavy (non-hydrogen) atoms. The first kappa shape index (κ1) is 21.2. The van der Waals surface area contributed by atoms with Gasteiger partial charge in [0.2, 0.25) is 5.91 Å². The van der Waals surface area contributed by atoms with Gasteiger partial charge in [-0.2, -0.15) is 8.42 Å². The largest absolute Gasteiger partial charge is 0.362 e. The third-order valence-corrected chi connectivity index (χ3v) is 5.85. The topological polar surface area (TPSA) is 122 Å². The number of para-hydroxylation sites is 1. The van der Waals surface area contributed by atoms with Crippen LogP contribution in [0.3, 0.4) is 0 Å². The zero-order valence-electron chi connectivity index (χ0n) is 16.2. The Morgan fingerprint density at radius 2 is 1.90 bits per heavy atom. The van der Waals surface area contributed by atoms with Crippen LogP contribution in [0, 0.1) is 10.1 Å². The number of hydrogen-bond donors (Lipinski definition) is 1. The number of likely N-dealkylation sites (tertiary alicyclic amines) is 1. The zero-order chi connectivity index (χ0) is 21.7. The maximum atomic E-state index is 12.4. The minimum atomic E-state index is -3.83. The molecular formula is C20H20N4O5S. The summed E-state index contributed by atoms with van der Waals surface area (Å²) in [6, 6.07) is 11.7. The van der Waals surface area contributed by atoms with Gasteiger partial charge in [-0.3, -0.25) is 14.9 Å². The molecule has 1 aliphatic rings. The molecule has 10 heteroatoms. The molecule has 9 nitrogen and oxygen atoms in total. The second kappa shape index (κ2) is 8.87. The average Bonchev–Trinajstić information content (AvgIpc) is 3.11. The number of nitro benzene ring substituents is 1. The van der Waals surface area contributed by atoms with Crippen molar-refractivity contribution in [1.29, 1.82) is 0 Å². The van der Waals surface area contributed by atoms with Crippen LogP contribution in [0.1, 0.15) is 18.4 Å². The number of carbonyl (C=O) groups excluding carboxylic acids is 1. The predicted molar refractivity (Wildman–Crippen MR) is 114 cm³/mol. The maximum Gasteiger partial charge on any atom is 0.283 e. The van der Waals surface area contributed by atoms with Crippen molar-refractivity contribution in [3.63, 3.8) is 0 Å². The van der Waals surface area contributed by atoms with Gasteiger partial charge in [-0.15, -0.1) is 4.40 Å². The molecule has 1 saturated heterocycles. The van der Waals surface area contributed by atoms with Crippen LogP contribution < -0.4 is 5.32 Å². The summed E-state index contributed by atoms with van der Waals surface area (Å²) in [5, 5.41) is 13.6. The highest BCUT2D eigenvalue weighted by molar-refractivity contribution is 7.90. The molecule has 2 aromatic rings. The third-order valence-electron chi connectivity index (χ3n) is 4.53. The number of amidine groups is 1. The van der Waals surface area contributed by atoms with Crippen molar-refractivity contribution in [2.75, 3.05) is 18.9 Å². The highest BCUT2D eigenvalue weighted by atomic mass is 32.2. The smallest absolute Gasteiger partial charge is 0.283 e. The Morgan fingerprint density at radius 1 is 1.20 bits per heavy atom. The van der Waals surface area contributed by atoms with E-state index in [1.807, 2.05) is 4.90 Å². The molecule has 1 amide bonds. The Balaban J connectivity index is 1.69. The molecule has 0 radical (unpaired) electrons. The van der Waals surface area contributed by atoms with Crippen molar-refractivity contribution >= 4 is 39.2 Å². The molecule has 1 fully saturated rings. The van der Waals surface area contributed by atoms with Gasteiger partial charge in [0.1, 0.15) is 5.84 Å². The molecule has 0 spiro atoms. The van der Waals surface area contributed by atoms with E-state index < -0.39 is 20.9 Å². The number of carbonyl (C=O) groups is 1. The number of nitro groups is 1. The molecule has 1 heterocycles. The Hall–Kier alpha value is -3.53. The lowest BCUT2D eigenvalue weighted by molar-refractivity contribution is -0.385. The number of rotatable bonds is 6. The molecule has 0 aromatic heterocycles. The average molecular weight is 428 g/mol. The molecule has 1 N–H and O–H groups in total. The van der Waals surface area contributed by atoms with E-state index in [-0.39, 0.29) is 10.6 Å². The van der Waals surface area contributed by atoms with E-state index in [0.29, 0.717) is 23.5 Å². The van der Waals surface area contributed by atoms with Crippen LogP contribution in [0.15, 0.2) is 63.9 Å². The van der Waals surface area contributed by atoms with Crippen LogP contribution >= 0.6 is 0 Å². The Morgan fingerprint density at radius 3 is 2.53 bits per heavy atom. The number of amides is 1. The van der Waals surface area contributed by atoms with E-state index in [1.165, 1.54) is 48.6 Å². The molecule has 0 atom stereocenters. The first-order valence-electron chi connectivity index (χ1n) is 9.14. The lowest BCUT2D eigenvalue weighted by Gasteiger charge is -2.11. The summed E-state index contributed by atoms with van der Waals surface area (Å²) in [5.41, 5.74) is 0.581. The molecule has 2 aromatic carbocycles. The van der Waals surface area contributed by atoms with Gasteiger partial charge in [-0.1, -0.05) is 12.1 Å². The van der Waals surface area contributed by atoms with Crippen LogP contribution in [0.4, 0.5) is 11.4 Å². The minimum Gasteiger partial charge on any atom is -0.362 e. The van der Waals surface area contributed by atoms with Crippen molar-refractivity contribution in [3.8, 4) is 0 Å². The highest BCUT2D eigenvalue weighted by Crippen LogP contribution is 2.20. The van der Waals surface area contributed by atoms with E-state index in [0.717, 1.165) is 13.0 Å². The second-order valence-electron chi connectivity index (χ2n) is 6.67. The van der Waals surface area contributed by atoms with E-state index in [2.05, 4.69) is 9.71 Å². The first-order valence-corrected chi connectivity index (χ1v) is 10.6. The van der Waals surface area contributed by atoms with Crippen LogP contribution in [-0.4, -0.2) is 43.6 Å². The summed E-state index contributed by atoms with van der Waals surface area (Å²) in [6.45, 7) is 0.777. The first-order chi connectivity index (χ1) is 14.3. The van der Waals surface area contributed by atoms with Gasteiger partial charge in [0.05, 0.1) is 15.4 Å². The highest BCUT2D eigenvalue weighted by Gasteiger charge is 2.20.